The average Bonchev–Trinajstić information content (AvgIpc) is 3.25. The first-order valence-corrected chi connectivity index (χ1v) is 11.7. The summed E-state index contributed by atoms with van der Waals surface area (Å²) < 4.78 is 2.67. The van der Waals surface area contributed by atoms with Gasteiger partial charge < -0.3 is 0 Å². The summed E-state index contributed by atoms with van der Waals surface area (Å²) in [6.07, 6.45) is 8.13. The molecule has 1 aromatic heterocycles. The maximum atomic E-state index is 3.82. The molecule has 154 valence electrons. The largest absolute Gasteiger partial charge is 0.134 e. The molecule has 0 aliphatic rings. The summed E-state index contributed by atoms with van der Waals surface area (Å²) in [5.74, 6) is 0. The van der Waals surface area contributed by atoms with Crippen LogP contribution in [0.25, 0.3) is 48.0 Å². The highest BCUT2D eigenvalue weighted by Gasteiger charge is 2.14. The monoisotopic (exact) mass is 428 g/mol. The van der Waals surface area contributed by atoms with E-state index in [2.05, 4.69) is 117 Å². The minimum Gasteiger partial charge on any atom is -0.134 e. The number of thiophene rings is 1. The smallest absolute Gasteiger partial charge is 0.0434 e. The number of hydrogen-bond donors (Lipinski definition) is 0. The average molecular weight is 429 g/mol. The summed E-state index contributed by atoms with van der Waals surface area (Å²) in [4.78, 5) is 0. The normalized spacial score (nSPS) is 12.1. The van der Waals surface area contributed by atoms with Crippen LogP contribution in [0.1, 0.15) is 12.5 Å². The summed E-state index contributed by atoms with van der Waals surface area (Å²) in [7, 11) is 0. The predicted octanol–water partition coefficient (Wildman–Crippen LogP) is 9.53. The van der Waals surface area contributed by atoms with E-state index in [4.69, 9.17) is 0 Å². The van der Waals surface area contributed by atoms with Crippen molar-refractivity contribution in [3.63, 3.8) is 0 Å². The van der Waals surface area contributed by atoms with Crippen molar-refractivity contribution in [2.24, 2.45) is 0 Å². The molecule has 0 aliphatic heterocycles. The number of allylic oxidation sites excluding steroid dienone is 5. The molecule has 4 aromatic carbocycles. The fraction of sp³-hybridized carbons (Fsp3) is 0.0323. The molecule has 5 rings (SSSR count). The lowest BCUT2D eigenvalue weighted by Gasteiger charge is -2.07. The van der Waals surface area contributed by atoms with Gasteiger partial charge in [-0.05, 0) is 46.4 Å². The lowest BCUT2D eigenvalue weighted by Crippen LogP contribution is -1.81. The molecule has 1 heterocycles. The zero-order valence-electron chi connectivity index (χ0n) is 18.1. The van der Waals surface area contributed by atoms with Gasteiger partial charge in [-0.1, -0.05) is 116 Å². The van der Waals surface area contributed by atoms with Gasteiger partial charge in [0.1, 0.15) is 0 Å². The highest BCUT2D eigenvalue weighted by molar-refractivity contribution is 7.26. The standard InChI is InChI=1S/C31H24S/c1-3-5-12-22(4-2)26-17-10-19-28-29-20-11-18-27(31(29)32-30(26)28)25-16-9-15-24(21-25)23-13-7-6-8-14-23/h3-21H,1H2,2H3/b12-5-,22-4+. The molecule has 32 heavy (non-hydrogen) atoms. The van der Waals surface area contributed by atoms with E-state index in [0.717, 1.165) is 0 Å². The van der Waals surface area contributed by atoms with Crippen molar-refractivity contribution in [3.8, 4) is 22.3 Å². The summed E-state index contributed by atoms with van der Waals surface area (Å²) in [5, 5.41) is 2.63. The predicted molar refractivity (Wildman–Crippen MR) is 143 cm³/mol. The van der Waals surface area contributed by atoms with E-state index >= 15 is 0 Å². The van der Waals surface area contributed by atoms with Gasteiger partial charge in [0.25, 0.3) is 0 Å². The van der Waals surface area contributed by atoms with Crippen LogP contribution in [0.4, 0.5) is 0 Å². The Balaban J connectivity index is 1.71. The molecule has 0 amide bonds. The van der Waals surface area contributed by atoms with Crippen molar-refractivity contribution >= 4 is 37.1 Å². The lowest BCUT2D eigenvalue weighted by molar-refractivity contribution is 1.61. The first-order chi connectivity index (χ1) is 15.8. The van der Waals surface area contributed by atoms with Crippen LogP contribution in [0.3, 0.4) is 0 Å². The minimum atomic E-state index is 1.22. The zero-order valence-corrected chi connectivity index (χ0v) is 18.9. The van der Waals surface area contributed by atoms with Crippen molar-refractivity contribution < 1.29 is 0 Å². The second-order valence-electron chi connectivity index (χ2n) is 7.75. The first kappa shape index (κ1) is 20.2. The maximum Gasteiger partial charge on any atom is 0.0434 e. The Morgan fingerprint density at radius 1 is 0.719 bits per heavy atom. The Morgan fingerprint density at radius 3 is 2.19 bits per heavy atom. The first-order valence-electron chi connectivity index (χ1n) is 10.9. The van der Waals surface area contributed by atoms with Gasteiger partial charge in [0.05, 0.1) is 0 Å². The van der Waals surface area contributed by atoms with E-state index in [-0.39, 0.29) is 0 Å². The molecule has 0 radical (unpaired) electrons. The van der Waals surface area contributed by atoms with Gasteiger partial charge in [-0.2, -0.15) is 0 Å². The molecule has 0 bridgehead atoms. The summed E-state index contributed by atoms with van der Waals surface area (Å²) >= 11 is 1.89. The summed E-state index contributed by atoms with van der Waals surface area (Å²) in [6.45, 7) is 5.91. The number of benzene rings is 4. The molecule has 0 saturated carbocycles. The fourth-order valence-electron chi connectivity index (χ4n) is 4.28. The van der Waals surface area contributed by atoms with Gasteiger partial charge in [0.2, 0.25) is 0 Å². The van der Waals surface area contributed by atoms with Crippen LogP contribution in [0.5, 0.6) is 0 Å². The second kappa shape index (κ2) is 8.82. The van der Waals surface area contributed by atoms with Gasteiger partial charge >= 0.3 is 0 Å². The third kappa shape index (κ3) is 3.62. The molecule has 0 spiro atoms. The van der Waals surface area contributed by atoms with Gasteiger partial charge in [-0.15, -0.1) is 11.3 Å². The van der Waals surface area contributed by atoms with E-state index < -0.39 is 0 Å². The Morgan fingerprint density at radius 2 is 1.41 bits per heavy atom. The number of hydrogen-bond acceptors (Lipinski definition) is 1. The van der Waals surface area contributed by atoms with Crippen LogP contribution in [-0.2, 0) is 0 Å². The highest BCUT2D eigenvalue weighted by atomic mass is 32.1. The third-order valence-electron chi connectivity index (χ3n) is 5.84. The van der Waals surface area contributed by atoms with Crippen LogP contribution in [-0.4, -0.2) is 0 Å². The Kier molecular flexibility index (Phi) is 5.58. The zero-order chi connectivity index (χ0) is 21.9. The maximum absolute atomic E-state index is 3.82. The van der Waals surface area contributed by atoms with Crippen molar-refractivity contribution in [3.05, 3.63) is 127 Å². The van der Waals surface area contributed by atoms with E-state index in [1.807, 2.05) is 23.5 Å². The quantitative estimate of drug-likeness (QED) is 0.244. The van der Waals surface area contributed by atoms with Crippen LogP contribution >= 0.6 is 11.3 Å². The minimum absolute atomic E-state index is 1.22. The van der Waals surface area contributed by atoms with Crippen LogP contribution in [0.2, 0.25) is 0 Å². The Hall–Kier alpha value is -3.68. The third-order valence-corrected chi connectivity index (χ3v) is 7.13. The molecule has 0 nitrogen and oxygen atoms in total. The number of rotatable bonds is 5. The molecule has 0 atom stereocenters. The van der Waals surface area contributed by atoms with Crippen molar-refractivity contribution in [2.45, 2.75) is 6.92 Å². The molecule has 0 saturated heterocycles. The SMILES string of the molecule is C=C/C=C\C(=C/C)c1cccc2c1sc1c(-c3cccc(-c4ccccc4)c3)cccc12. The van der Waals surface area contributed by atoms with Gasteiger partial charge in [-0.25, -0.2) is 0 Å². The molecule has 1 heteroatoms. The van der Waals surface area contributed by atoms with Crippen LogP contribution < -0.4 is 0 Å². The Labute approximate surface area is 193 Å². The molecule has 0 N–H and O–H groups in total. The molecular formula is C31H24S. The van der Waals surface area contributed by atoms with Crippen molar-refractivity contribution in [2.75, 3.05) is 0 Å². The van der Waals surface area contributed by atoms with E-state index in [1.54, 1.807) is 0 Å². The van der Waals surface area contributed by atoms with Crippen LogP contribution in [0, 0.1) is 0 Å². The summed E-state index contributed by atoms with van der Waals surface area (Å²) in [6, 6.07) is 32.8. The molecule has 0 fully saturated rings. The highest BCUT2D eigenvalue weighted by Crippen LogP contribution is 2.43. The fourth-order valence-corrected chi connectivity index (χ4v) is 5.66. The van der Waals surface area contributed by atoms with E-state index in [0.29, 0.717) is 0 Å². The molecule has 5 aromatic rings. The van der Waals surface area contributed by atoms with Gasteiger partial charge in [0.15, 0.2) is 0 Å². The van der Waals surface area contributed by atoms with Gasteiger partial charge in [-0.3, -0.25) is 0 Å². The molecular weight excluding hydrogens is 404 g/mol. The topological polar surface area (TPSA) is 0 Å². The van der Waals surface area contributed by atoms with Gasteiger partial charge in [0, 0.05) is 20.2 Å². The van der Waals surface area contributed by atoms with Crippen molar-refractivity contribution in [1.82, 2.24) is 0 Å². The Bertz CT molecular complexity index is 1480. The van der Waals surface area contributed by atoms with Crippen LogP contribution in [0.15, 0.2) is 122 Å². The molecule has 0 aliphatic carbocycles. The lowest BCUT2D eigenvalue weighted by atomic mass is 9.97. The summed E-state index contributed by atoms with van der Waals surface area (Å²) in [5.41, 5.74) is 7.52. The number of fused-ring (bicyclic) bond motifs is 3. The second-order valence-corrected chi connectivity index (χ2v) is 8.77. The van der Waals surface area contributed by atoms with E-state index in [1.165, 1.54) is 53.6 Å². The molecule has 0 unspecified atom stereocenters. The van der Waals surface area contributed by atoms with Crippen molar-refractivity contribution in [1.29, 1.82) is 0 Å². The van der Waals surface area contributed by atoms with E-state index in [9.17, 15) is 0 Å².